The third kappa shape index (κ3) is 5.50. The highest BCUT2D eigenvalue weighted by Crippen LogP contribution is 2.24. The first-order valence-electron chi connectivity index (χ1n) is 11.2. The fraction of sp³-hybridized carbons (Fsp3) is 0.214. The molecule has 3 aromatic rings. The number of nitrogens with two attached hydrogens (primary N) is 1. The molecule has 4 rings (SSSR count). The first-order valence-corrected chi connectivity index (χ1v) is 11.2. The molecule has 0 fully saturated rings. The van der Waals surface area contributed by atoms with E-state index in [9.17, 15) is 9.59 Å². The van der Waals surface area contributed by atoms with Gasteiger partial charge in [-0.2, -0.15) is 0 Å². The number of fused-ring (bicyclic) bond motifs is 1. The van der Waals surface area contributed by atoms with Gasteiger partial charge in [0.05, 0.1) is 18.2 Å². The number of aryl methyl sites for hydroxylation is 1. The third-order valence-electron chi connectivity index (χ3n) is 6.01. The zero-order valence-electron chi connectivity index (χ0n) is 18.8. The van der Waals surface area contributed by atoms with Gasteiger partial charge in [0.2, 0.25) is 0 Å². The highest BCUT2D eigenvalue weighted by Gasteiger charge is 2.14. The number of hydrogen-bond acceptors (Lipinski definition) is 4. The molecule has 3 aromatic carbocycles. The largest absolute Gasteiger partial charge is 0.465 e. The van der Waals surface area contributed by atoms with E-state index in [0.29, 0.717) is 16.8 Å². The highest BCUT2D eigenvalue weighted by atomic mass is 16.5. The van der Waals surface area contributed by atoms with Gasteiger partial charge in [-0.25, -0.2) is 4.79 Å². The van der Waals surface area contributed by atoms with Crippen molar-refractivity contribution in [2.24, 2.45) is 0 Å². The Balaban J connectivity index is 1.31. The van der Waals surface area contributed by atoms with Crippen molar-refractivity contribution < 1.29 is 14.3 Å². The molecule has 168 valence electrons. The molecule has 0 saturated carbocycles. The molecule has 1 amide bonds. The Morgan fingerprint density at radius 3 is 2.33 bits per heavy atom. The number of hydrogen-bond donors (Lipinski definition) is 2. The number of benzene rings is 3. The van der Waals surface area contributed by atoms with Gasteiger partial charge in [0.15, 0.2) is 0 Å². The zero-order chi connectivity index (χ0) is 23.2. The molecule has 5 heteroatoms. The maximum absolute atomic E-state index is 12.8. The third-order valence-corrected chi connectivity index (χ3v) is 6.01. The number of rotatable bonds is 7. The molecule has 0 atom stereocenters. The Bertz CT molecular complexity index is 1240. The highest BCUT2D eigenvalue weighted by molar-refractivity contribution is 6.04. The van der Waals surface area contributed by atoms with Crippen LogP contribution in [-0.4, -0.2) is 19.0 Å². The van der Waals surface area contributed by atoms with Gasteiger partial charge >= 0.3 is 5.97 Å². The average molecular weight is 441 g/mol. The molecule has 0 bridgehead atoms. The number of amides is 1. The molecule has 5 nitrogen and oxygen atoms in total. The predicted molar refractivity (Wildman–Crippen MR) is 132 cm³/mol. The summed E-state index contributed by atoms with van der Waals surface area (Å²) in [6, 6.07) is 19.1. The molecule has 0 unspecified atom stereocenters. The number of carbonyl (C=O) groups is 2. The Hall–Kier alpha value is -3.86. The van der Waals surface area contributed by atoms with Crippen LogP contribution in [0.25, 0.3) is 10.8 Å². The quantitative estimate of drug-likeness (QED) is 0.372. The lowest BCUT2D eigenvalue weighted by atomic mass is 9.96. The summed E-state index contributed by atoms with van der Waals surface area (Å²) in [4.78, 5) is 24.3. The van der Waals surface area contributed by atoms with Crippen LogP contribution in [0.1, 0.15) is 52.0 Å². The van der Waals surface area contributed by atoms with Crippen molar-refractivity contribution in [3.05, 3.63) is 101 Å². The van der Waals surface area contributed by atoms with Crippen molar-refractivity contribution in [1.82, 2.24) is 5.32 Å². The SMILES string of the molecule is COC(=O)c1ccc(CCCC2=CC=C(NC(=O)c3cc4ccccc4cc3N)CC2)cc1. The molecular weight excluding hydrogens is 412 g/mol. The second kappa shape index (κ2) is 10.2. The lowest BCUT2D eigenvalue weighted by Gasteiger charge is -2.16. The molecule has 1 aliphatic carbocycles. The standard InChI is InChI=1S/C28H28N2O3/c1-33-28(32)21-13-9-19(10-14-21)5-4-6-20-11-15-24(16-12-20)30-27(31)25-17-22-7-2-3-8-23(22)18-26(25)29/h2-3,7-11,13-15,17-18H,4-6,12,16,29H2,1H3,(H,30,31). The summed E-state index contributed by atoms with van der Waals surface area (Å²) in [7, 11) is 1.39. The van der Waals surface area contributed by atoms with Gasteiger partial charge in [-0.1, -0.05) is 48.0 Å². The van der Waals surface area contributed by atoms with Crippen LogP contribution < -0.4 is 11.1 Å². The summed E-state index contributed by atoms with van der Waals surface area (Å²) in [6.45, 7) is 0. The van der Waals surface area contributed by atoms with Crippen LogP contribution in [0.3, 0.4) is 0 Å². The van der Waals surface area contributed by atoms with Gasteiger partial charge in [0.25, 0.3) is 5.91 Å². The van der Waals surface area contributed by atoms with Crippen LogP contribution in [0.2, 0.25) is 0 Å². The van der Waals surface area contributed by atoms with E-state index >= 15 is 0 Å². The van der Waals surface area contributed by atoms with E-state index in [-0.39, 0.29) is 11.9 Å². The van der Waals surface area contributed by atoms with Gasteiger partial charge in [-0.3, -0.25) is 4.79 Å². The number of nitrogens with one attached hydrogen (secondary N) is 1. The maximum atomic E-state index is 12.8. The number of allylic oxidation sites excluding steroid dienone is 4. The molecule has 3 N–H and O–H groups in total. The molecule has 33 heavy (non-hydrogen) atoms. The molecule has 1 aliphatic rings. The van der Waals surface area contributed by atoms with E-state index in [4.69, 9.17) is 10.5 Å². The van der Waals surface area contributed by atoms with Gasteiger partial charge in [-0.05, 0) is 78.8 Å². The number of carbonyl (C=O) groups excluding carboxylic acids is 2. The zero-order valence-corrected chi connectivity index (χ0v) is 18.8. The van der Waals surface area contributed by atoms with Crippen LogP contribution in [0, 0.1) is 0 Å². The topological polar surface area (TPSA) is 81.4 Å². The molecule has 0 radical (unpaired) electrons. The van der Waals surface area contributed by atoms with E-state index in [0.717, 1.165) is 48.6 Å². The van der Waals surface area contributed by atoms with Crippen molar-refractivity contribution in [2.45, 2.75) is 32.1 Å². The summed E-state index contributed by atoms with van der Waals surface area (Å²) >= 11 is 0. The van der Waals surface area contributed by atoms with E-state index < -0.39 is 0 Å². The first-order chi connectivity index (χ1) is 16.0. The first kappa shape index (κ1) is 22.3. The molecule has 0 heterocycles. The summed E-state index contributed by atoms with van der Waals surface area (Å²) < 4.78 is 4.73. The van der Waals surface area contributed by atoms with E-state index in [2.05, 4.69) is 11.4 Å². The predicted octanol–water partition coefficient (Wildman–Crippen LogP) is 5.57. The lowest BCUT2D eigenvalue weighted by molar-refractivity contribution is 0.0600. The van der Waals surface area contributed by atoms with Crippen molar-refractivity contribution in [1.29, 1.82) is 0 Å². The number of esters is 1. The normalized spacial score (nSPS) is 13.2. The van der Waals surface area contributed by atoms with Crippen LogP contribution in [-0.2, 0) is 11.2 Å². The molecular formula is C28H28N2O3. The van der Waals surface area contributed by atoms with Crippen LogP contribution in [0.15, 0.2) is 84.1 Å². The Kier molecular flexibility index (Phi) is 6.89. The summed E-state index contributed by atoms with van der Waals surface area (Å²) in [5.74, 6) is -0.483. The monoisotopic (exact) mass is 440 g/mol. The number of nitrogen functional groups attached to an aromatic ring is 1. The molecule has 0 aromatic heterocycles. The van der Waals surface area contributed by atoms with E-state index in [1.807, 2.05) is 54.6 Å². The van der Waals surface area contributed by atoms with Crippen LogP contribution in [0.5, 0.6) is 0 Å². The van der Waals surface area contributed by atoms with Crippen molar-refractivity contribution in [3.63, 3.8) is 0 Å². The average Bonchev–Trinajstić information content (AvgIpc) is 2.84. The molecule has 0 spiro atoms. The number of ether oxygens (including phenoxy) is 1. The van der Waals surface area contributed by atoms with Crippen LogP contribution >= 0.6 is 0 Å². The van der Waals surface area contributed by atoms with E-state index in [1.54, 1.807) is 12.1 Å². The second-order valence-electron chi connectivity index (χ2n) is 8.30. The summed E-state index contributed by atoms with van der Waals surface area (Å²) in [6.07, 6.45) is 8.84. The Labute approximate surface area is 193 Å². The van der Waals surface area contributed by atoms with Gasteiger partial charge in [0.1, 0.15) is 0 Å². The number of anilines is 1. The van der Waals surface area contributed by atoms with Gasteiger partial charge in [0, 0.05) is 11.4 Å². The smallest absolute Gasteiger partial charge is 0.337 e. The summed E-state index contributed by atoms with van der Waals surface area (Å²) in [5.41, 5.74) is 11.2. The van der Waals surface area contributed by atoms with Gasteiger partial charge in [-0.15, -0.1) is 0 Å². The molecule has 0 aliphatic heterocycles. The minimum atomic E-state index is -0.313. The summed E-state index contributed by atoms with van der Waals surface area (Å²) in [5, 5.41) is 5.04. The minimum absolute atomic E-state index is 0.170. The Morgan fingerprint density at radius 2 is 1.67 bits per heavy atom. The molecule has 0 saturated heterocycles. The fourth-order valence-electron chi connectivity index (χ4n) is 4.11. The minimum Gasteiger partial charge on any atom is -0.465 e. The Morgan fingerprint density at radius 1 is 0.939 bits per heavy atom. The van der Waals surface area contributed by atoms with E-state index in [1.165, 1.54) is 18.2 Å². The maximum Gasteiger partial charge on any atom is 0.337 e. The number of methoxy groups -OCH3 is 1. The fourth-order valence-corrected chi connectivity index (χ4v) is 4.11. The van der Waals surface area contributed by atoms with Crippen molar-refractivity contribution in [3.8, 4) is 0 Å². The van der Waals surface area contributed by atoms with Crippen molar-refractivity contribution in [2.75, 3.05) is 12.8 Å². The van der Waals surface area contributed by atoms with Crippen molar-refractivity contribution >= 4 is 28.3 Å². The van der Waals surface area contributed by atoms with Crippen LogP contribution in [0.4, 0.5) is 5.69 Å². The second-order valence-corrected chi connectivity index (χ2v) is 8.30. The van der Waals surface area contributed by atoms with Gasteiger partial charge < -0.3 is 15.8 Å². The lowest BCUT2D eigenvalue weighted by Crippen LogP contribution is -2.24.